The Morgan fingerprint density at radius 1 is 1.12 bits per heavy atom. The van der Waals surface area contributed by atoms with Crippen LogP contribution in [0.15, 0.2) is 48.5 Å². The van der Waals surface area contributed by atoms with Gasteiger partial charge in [0, 0.05) is 11.4 Å². The molecule has 0 fully saturated rings. The SMILES string of the molecule is CCOc1ccc(NCC(=O)Nc2ccccc2)c(C(F)(F)F)c1. The van der Waals surface area contributed by atoms with E-state index in [9.17, 15) is 18.0 Å². The van der Waals surface area contributed by atoms with Crippen molar-refractivity contribution in [2.24, 2.45) is 0 Å². The zero-order valence-corrected chi connectivity index (χ0v) is 13.0. The fraction of sp³-hybridized carbons (Fsp3) is 0.235. The van der Waals surface area contributed by atoms with E-state index in [1.807, 2.05) is 0 Å². The van der Waals surface area contributed by atoms with Gasteiger partial charge >= 0.3 is 6.18 Å². The van der Waals surface area contributed by atoms with Gasteiger partial charge in [-0.3, -0.25) is 4.79 Å². The Balaban J connectivity index is 2.07. The highest BCUT2D eigenvalue weighted by Gasteiger charge is 2.34. The van der Waals surface area contributed by atoms with Crippen LogP contribution in [-0.2, 0) is 11.0 Å². The maximum atomic E-state index is 13.1. The number of anilines is 2. The van der Waals surface area contributed by atoms with Gasteiger partial charge in [0.15, 0.2) is 0 Å². The second-order valence-electron chi connectivity index (χ2n) is 4.91. The van der Waals surface area contributed by atoms with Crippen molar-refractivity contribution in [3.05, 3.63) is 54.1 Å². The van der Waals surface area contributed by atoms with E-state index in [2.05, 4.69) is 10.6 Å². The molecule has 0 aliphatic rings. The van der Waals surface area contributed by atoms with Crippen molar-refractivity contribution in [2.75, 3.05) is 23.8 Å². The van der Waals surface area contributed by atoms with Crippen LogP contribution in [0.25, 0.3) is 0 Å². The molecule has 0 aliphatic heterocycles. The van der Waals surface area contributed by atoms with Crippen LogP contribution in [0.2, 0.25) is 0 Å². The number of rotatable bonds is 6. The number of amides is 1. The lowest BCUT2D eigenvalue weighted by atomic mass is 10.1. The summed E-state index contributed by atoms with van der Waals surface area (Å²) >= 11 is 0. The van der Waals surface area contributed by atoms with Crippen LogP contribution in [0.4, 0.5) is 24.5 Å². The lowest BCUT2D eigenvalue weighted by Gasteiger charge is -2.16. The number of nitrogens with one attached hydrogen (secondary N) is 2. The van der Waals surface area contributed by atoms with Crippen molar-refractivity contribution >= 4 is 17.3 Å². The lowest BCUT2D eigenvalue weighted by molar-refractivity contribution is -0.137. The second-order valence-corrected chi connectivity index (χ2v) is 4.91. The third-order valence-corrected chi connectivity index (χ3v) is 3.10. The molecule has 0 saturated heterocycles. The third kappa shape index (κ3) is 4.91. The molecule has 24 heavy (non-hydrogen) atoms. The third-order valence-electron chi connectivity index (χ3n) is 3.10. The summed E-state index contributed by atoms with van der Waals surface area (Å²) in [6.07, 6.45) is -4.55. The maximum absolute atomic E-state index is 13.1. The van der Waals surface area contributed by atoms with Crippen LogP contribution < -0.4 is 15.4 Å². The molecule has 0 unspecified atom stereocenters. The van der Waals surface area contributed by atoms with Crippen LogP contribution in [0.1, 0.15) is 12.5 Å². The Labute approximate surface area is 137 Å². The van der Waals surface area contributed by atoms with Crippen LogP contribution in [0.3, 0.4) is 0 Å². The van der Waals surface area contributed by atoms with E-state index in [1.165, 1.54) is 12.1 Å². The van der Waals surface area contributed by atoms with Gasteiger partial charge < -0.3 is 15.4 Å². The van der Waals surface area contributed by atoms with Gasteiger partial charge in [0.25, 0.3) is 0 Å². The molecule has 0 bridgehead atoms. The average Bonchev–Trinajstić information content (AvgIpc) is 2.54. The van der Waals surface area contributed by atoms with Gasteiger partial charge in [-0.2, -0.15) is 13.2 Å². The smallest absolute Gasteiger partial charge is 0.418 e. The monoisotopic (exact) mass is 338 g/mol. The fourth-order valence-corrected chi connectivity index (χ4v) is 2.07. The molecule has 0 saturated carbocycles. The number of carbonyl (C=O) groups excluding carboxylic acids is 1. The zero-order chi connectivity index (χ0) is 17.6. The van der Waals surface area contributed by atoms with Crippen LogP contribution in [-0.4, -0.2) is 19.1 Å². The molecule has 2 aromatic carbocycles. The molecule has 2 rings (SSSR count). The van der Waals surface area contributed by atoms with E-state index in [4.69, 9.17) is 4.74 Å². The first-order chi connectivity index (χ1) is 11.4. The number of hydrogen-bond acceptors (Lipinski definition) is 3. The summed E-state index contributed by atoms with van der Waals surface area (Å²) in [4.78, 5) is 11.8. The molecular formula is C17H17F3N2O2. The summed E-state index contributed by atoms with van der Waals surface area (Å²) in [5.41, 5.74) is -0.470. The van der Waals surface area contributed by atoms with E-state index in [1.54, 1.807) is 37.3 Å². The summed E-state index contributed by atoms with van der Waals surface area (Å²) in [7, 11) is 0. The summed E-state index contributed by atoms with van der Waals surface area (Å²) < 4.78 is 44.5. The lowest BCUT2D eigenvalue weighted by Crippen LogP contribution is -2.23. The highest BCUT2D eigenvalue weighted by molar-refractivity contribution is 5.93. The van der Waals surface area contributed by atoms with E-state index in [-0.39, 0.29) is 24.6 Å². The topological polar surface area (TPSA) is 50.4 Å². The largest absolute Gasteiger partial charge is 0.494 e. The van der Waals surface area contributed by atoms with Gasteiger partial charge in [0.1, 0.15) is 5.75 Å². The number of hydrogen-bond donors (Lipinski definition) is 2. The van der Waals surface area contributed by atoms with E-state index >= 15 is 0 Å². The second kappa shape index (κ2) is 7.72. The molecule has 0 radical (unpaired) electrons. The Morgan fingerprint density at radius 3 is 2.46 bits per heavy atom. The Bertz CT molecular complexity index is 688. The molecule has 2 N–H and O–H groups in total. The Morgan fingerprint density at radius 2 is 1.83 bits per heavy atom. The molecule has 0 heterocycles. The Hall–Kier alpha value is -2.70. The highest BCUT2D eigenvalue weighted by atomic mass is 19.4. The minimum Gasteiger partial charge on any atom is -0.494 e. The molecule has 4 nitrogen and oxygen atoms in total. The molecule has 0 aliphatic carbocycles. The summed E-state index contributed by atoms with van der Waals surface area (Å²) in [6.45, 7) is 1.67. The maximum Gasteiger partial charge on any atom is 0.418 e. The minimum absolute atomic E-state index is 0.129. The Kier molecular flexibility index (Phi) is 5.68. The van der Waals surface area contributed by atoms with Crippen molar-refractivity contribution in [1.29, 1.82) is 0 Å². The van der Waals surface area contributed by atoms with Crippen molar-refractivity contribution in [1.82, 2.24) is 0 Å². The fourth-order valence-electron chi connectivity index (χ4n) is 2.07. The first-order valence-electron chi connectivity index (χ1n) is 7.33. The predicted molar refractivity (Wildman–Crippen MR) is 86.2 cm³/mol. The number of halogens is 3. The van der Waals surface area contributed by atoms with Crippen molar-refractivity contribution in [2.45, 2.75) is 13.1 Å². The number of ether oxygens (including phenoxy) is 1. The van der Waals surface area contributed by atoms with Crippen LogP contribution >= 0.6 is 0 Å². The van der Waals surface area contributed by atoms with E-state index in [0.29, 0.717) is 5.69 Å². The summed E-state index contributed by atoms with van der Waals surface area (Å²) in [6, 6.07) is 12.3. The molecule has 0 spiro atoms. The summed E-state index contributed by atoms with van der Waals surface area (Å²) in [5, 5.41) is 5.12. The first kappa shape index (κ1) is 17.7. The molecule has 1 amide bonds. The predicted octanol–water partition coefficient (Wildman–Crippen LogP) is 4.15. The normalized spacial score (nSPS) is 11.0. The molecule has 0 atom stereocenters. The first-order valence-corrected chi connectivity index (χ1v) is 7.33. The van der Waals surface area contributed by atoms with E-state index in [0.717, 1.165) is 6.07 Å². The number of benzene rings is 2. The highest BCUT2D eigenvalue weighted by Crippen LogP contribution is 2.37. The van der Waals surface area contributed by atoms with Gasteiger partial charge in [-0.25, -0.2) is 0 Å². The molecule has 2 aromatic rings. The van der Waals surface area contributed by atoms with Gasteiger partial charge in [-0.15, -0.1) is 0 Å². The molecule has 7 heteroatoms. The quantitative estimate of drug-likeness (QED) is 0.832. The van der Waals surface area contributed by atoms with Crippen molar-refractivity contribution in [3.63, 3.8) is 0 Å². The van der Waals surface area contributed by atoms with Crippen LogP contribution in [0.5, 0.6) is 5.75 Å². The number of alkyl halides is 3. The van der Waals surface area contributed by atoms with Gasteiger partial charge in [0.05, 0.1) is 18.7 Å². The molecular weight excluding hydrogens is 321 g/mol. The van der Waals surface area contributed by atoms with Gasteiger partial charge in [-0.05, 0) is 37.3 Å². The molecule has 0 aromatic heterocycles. The average molecular weight is 338 g/mol. The minimum atomic E-state index is -4.55. The van der Waals surface area contributed by atoms with Gasteiger partial charge in [0.2, 0.25) is 5.91 Å². The van der Waals surface area contributed by atoms with Crippen molar-refractivity contribution < 1.29 is 22.7 Å². The summed E-state index contributed by atoms with van der Waals surface area (Å²) in [5.74, 6) is -0.313. The molecule has 128 valence electrons. The van der Waals surface area contributed by atoms with Crippen molar-refractivity contribution in [3.8, 4) is 5.75 Å². The number of para-hydroxylation sites is 1. The van der Waals surface area contributed by atoms with Gasteiger partial charge in [-0.1, -0.05) is 18.2 Å². The number of carbonyl (C=O) groups is 1. The van der Waals surface area contributed by atoms with E-state index < -0.39 is 17.6 Å². The van der Waals surface area contributed by atoms with Crippen LogP contribution in [0, 0.1) is 0 Å². The standard InChI is InChI=1S/C17H17F3N2O2/c1-2-24-13-8-9-15(14(10-13)17(18,19)20)21-11-16(23)22-12-6-4-3-5-7-12/h3-10,21H,2,11H2,1H3,(H,22,23). The zero-order valence-electron chi connectivity index (χ0n) is 13.0.